The van der Waals surface area contributed by atoms with Crippen LogP contribution in [0.2, 0.25) is 0 Å². The Labute approximate surface area is 92.4 Å². The Kier molecular flexibility index (Phi) is 5.47. The lowest BCUT2D eigenvalue weighted by atomic mass is 10.2. The second-order valence-electron chi connectivity index (χ2n) is 4.25. The van der Waals surface area contributed by atoms with Gasteiger partial charge in [-0.05, 0) is 32.2 Å². The molecule has 1 saturated heterocycles. The second kappa shape index (κ2) is 6.67. The average Bonchev–Trinajstić information content (AvgIpc) is 2.76. The molecular formula is C11H23N3O. The summed E-state index contributed by atoms with van der Waals surface area (Å²) in [5.41, 5.74) is 5.42. The largest absolute Gasteiger partial charge is 0.330 e. The molecule has 4 nitrogen and oxygen atoms in total. The molecule has 1 fully saturated rings. The highest BCUT2D eigenvalue weighted by molar-refractivity contribution is 5.74. The summed E-state index contributed by atoms with van der Waals surface area (Å²) in [6.07, 6.45) is 5.56. The number of hydrogen-bond donors (Lipinski definition) is 1. The normalized spacial score (nSPS) is 15.7. The van der Waals surface area contributed by atoms with Gasteiger partial charge in [-0.1, -0.05) is 6.42 Å². The first-order valence-corrected chi connectivity index (χ1v) is 5.96. The smallest absolute Gasteiger partial charge is 0.319 e. The van der Waals surface area contributed by atoms with Crippen LogP contribution in [0.5, 0.6) is 0 Å². The molecule has 1 aliphatic rings. The van der Waals surface area contributed by atoms with Crippen molar-refractivity contribution >= 4 is 6.03 Å². The summed E-state index contributed by atoms with van der Waals surface area (Å²) in [6.45, 7) is 3.48. The number of rotatable bonds is 5. The van der Waals surface area contributed by atoms with Crippen molar-refractivity contribution in [1.29, 1.82) is 0 Å². The van der Waals surface area contributed by atoms with Crippen molar-refractivity contribution < 1.29 is 4.79 Å². The molecule has 88 valence electrons. The van der Waals surface area contributed by atoms with E-state index in [-0.39, 0.29) is 6.03 Å². The van der Waals surface area contributed by atoms with Crippen LogP contribution < -0.4 is 5.73 Å². The molecule has 0 aromatic carbocycles. The number of urea groups is 1. The SMILES string of the molecule is CN(CCCCCN)C(=O)N1CCCC1. The number of unbranched alkanes of at least 4 members (excludes halogenated alkanes) is 2. The van der Waals surface area contributed by atoms with Crippen LogP contribution >= 0.6 is 0 Å². The van der Waals surface area contributed by atoms with Crippen LogP contribution in [0, 0.1) is 0 Å². The second-order valence-corrected chi connectivity index (χ2v) is 4.25. The predicted octanol–water partition coefficient (Wildman–Crippen LogP) is 1.26. The van der Waals surface area contributed by atoms with Gasteiger partial charge in [0.25, 0.3) is 0 Å². The zero-order valence-corrected chi connectivity index (χ0v) is 9.74. The minimum atomic E-state index is 0.195. The van der Waals surface area contributed by atoms with Gasteiger partial charge in [0.05, 0.1) is 0 Å². The molecule has 0 spiro atoms. The average molecular weight is 213 g/mol. The topological polar surface area (TPSA) is 49.6 Å². The van der Waals surface area contributed by atoms with E-state index < -0.39 is 0 Å². The lowest BCUT2D eigenvalue weighted by Gasteiger charge is -2.24. The molecular weight excluding hydrogens is 190 g/mol. The molecule has 15 heavy (non-hydrogen) atoms. The molecule has 0 unspecified atom stereocenters. The van der Waals surface area contributed by atoms with Crippen molar-refractivity contribution in [2.75, 3.05) is 33.2 Å². The molecule has 0 aliphatic carbocycles. The Morgan fingerprint density at radius 1 is 1.27 bits per heavy atom. The summed E-state index contributed by atoms with van der Waals surface area (Å²) in [5.74, 6) is 0. The first-order valence-electron chi connectivity index (χ1n) is 5.96. The van der Waals surface area contributed by atoms with Gasteiger partial charge in [-0.15, -0.1) is 0 Å². The van der Waals surface area contributed by atoms with Crippen molar-refractivity contribution in [3.05, 3.63) is 0 Å². The van der Waals surface area contributed by atoms with Gasteiger partial charge in [0.15, 0.2) is 0 Å². The van der Waals surface area contributed by atoms with E-state index >= 15 is 0 Å². The van der Waals surface area contributed by atoms with Crippen LogP contribution in [0.15, 0.2) is 0 Å². The molecule has 2 amide bonds. The predicted molar refractivity (Wildman–Crippen MR) is 61.7 cm³/mol. The highest BCUT2D eigenvalue weighted by Gasteiger charge is 2.20. The van der Waals surface area contributed by atoms with Gasteiger partial charge in [0.1, 0.15) is 0 Å². The summed E-state index contributed by atoms with van der Waals surface area (Å²) in [7, 11) is 1.89. The highest BCUT2D eigenvalue weighted by atomic mass is 16.2. The first kappa shape index (κ1) is 12.3. The van der Waals surface area contributed by atoms with E-state index in [0.29, 0.717) is 0 Å². The number of nitrogens with two attached hydrogens (primary N) is 1. The maximum absolute atomic E-state index is 11.8. The summed E-state index contributed by atoms with van der Waals surface area (Å²) >= 11 is 0. The third-order valence-electron chi connectivity index (χ3n) is 2.90. The van der Waals surface area contributed by atoms with Gasteiger partial charge in [-0.3, -0.25) is 0 Å². The van der Waals surface area contributed by atoms with E-state index in [9.17, 15) is 4.79 Å². The van der Waals surface area contributed by atoms with Crippen molar-refractivity contribution in [3.63, 3.8) is 0 Å². The van der Waals surface area contributed by atoms with E-state index in [4.69, 9.17) is 5.73 Å². The summed E-state index contributed by atoms with van der Waals surface area (Å²) in [5, 5.41) is 0. The fourth-order valence-corrected chi connectivity index (χ4v) is 1.92. The van der Waals surface area contributed by atoms with E-state index in [1.165, 1.54) is 0 Å². The molecule has 4 heteroatoms. The van der Waals surface area contributed by atoms with Crippen LogP contribution in [-0.2, 0) is 0 Å². The Morgan fingerprint density at radius 2 is 1.93 bits per heavy atom. The number of hydrogen-bond acceptors (Lipinski definition) is 2. The standard InChI is InChI=1S/C11H23N3O/c1-13(8-4-2-3-7-12)11(15)14-9-5-6-10-14/h2-10,12H2,1H3. The Morgan fingerprint density at radius 3 is 2.53 bits per heavy atom. The van der Waals surface area contributed by atoms with Crippen LogP contribution in [0.4, 0.5) is 4.79 Å². The summed E-state index contributed by atoms with van der Waals surface area (Å²) in [4.78, 5) is 15.6. The number of carbonyl (C=O) groups is 1. The Bertz CT molecular complexity index is 190. The van der Waals surface area contributed by atoms with E-state index in [1.807, 2.05) is 16.8 Å². The third kappa shape index (κ3) is 4.08. The molecule has 0 radical (unpaired) electrons. The Balaban J connectivity index is 2.14. The lowest BCUT2D eigenvalue weighted by molar-refractivity contribution is 0.172. The number of nitrogens with zero attached hydrogens (tertiary/aromatic N) is 2. The summed E-state index contributed by atoms with van der Waals surface area (Å²) < 4.78 is 0. The zero-order valence-electron chi connectivity index (χ0n) is 9.74. The quantitative estimate of drug-likeness (QED) is 0.699. The molecule has 0 saturated carbocycles. The van der Waals surface area contributed by atoms with Gasteiger partial charge in [0, 0.05) is 26.7 Å². The minimum absolute atomic E-state index is 0.195. The van der Waals surface area contributed by atoms with Crippen molar-refractivity contribution in [2.24, 2.45) is 5.73 Å². The van der Waals surface area contributed by atoms with Crippen molar-refractivity contribution in [3.8, 4) is 0 Å². The van der Waals surface area contributed by atoms with Gasteiger partial charge >= 0.3 is 6.03 Å². The number of amides is 2. The van der Waals surface area contributed by atoms with Crippen LogP contribution in [-0.4, -0.2) is 49.1 Å². The summed E-state index contributed by atoms with van der Waals surface area (Å²) in [6, 6.07) is 0.195. The van der Waals surface area contributed by atoms with Gasteiger partial charge < -0.3 is 15.5 Å². The van der Waals surface area contributed by atoms with Gasteiger partial charge in [-0.25, -0.2) is 4.79 Å². The van der Waals surface area contributed by atoms with Gasteiger partial charge in [0.2, 0.25) is 0 Å². The lowest BCUT2D eigenvalue weighted by Crippen LogP contribution is -2.39. The minimum Gasteiger partial charge on any atom is -0.330 e. The van der Waals surface area contributed by atoms with Crippen molar-refractivity contribution in [2.45, 2.75) is 32.1 Å². The monoisotopic (exact) mass is 213 g/mol. The molecule has 0 aromatic rings. The fraction of sp³-hybridized carbons (Fsp3) is 0.909. The molecule has 1 aliphatic heterocycles. The van der Waals surface area contributed by atoms with E-state index in [1.54, 1.807) is 0 Å². The van der Waals surface area contributed by atoms with Gasteiger partial charge in [-0.2, -0.15) is 0 Å². The highest BCUT2D eigenvalue weighted by Crippen LogP contribution is 2.10. The number of carbonyl (C=O) groups excluding carboxylic acids is 1. The van der Waals surface area contributed by atoms with Crippen molar-refractivity contribution in [1.82, 2.24) is 9.80 Å². The number of likely N-dealkylation sites (tertiary alicyclic amines) is 1. The molecule has 0 aromatic heterocycles. The molecule has 0 bridgehead atoms. The van der Waals surface area contributed by atoms with Crippen LogP contribution in [0.3, 0.4) is 0 Å². The van der Waals surface area contributed by atoms with E-state index in [2.05, 4.69) is 0 Å². The fourth-order valence-electron chi connectivity index (χ4n) is 1.92. The molecule has 0 atom stereocenters. The molecule has 1 heterocycles. The van der Waals surface area contributed by atoms with Crippen LogP contribution in [0.1, 0.15) is 32.1 Å². The molecule has 1 rings (SSSR count). The third-order valence-corrected chi connectivity index (χ3v) is 2.90. The zero-order chi connectivity index (χ0) is 11.1. The maximum atomic E-state index is 11.8. The Hall–Kier alpha value is -0.770. The van der Waals surface area contributed by atoms with E-state index in [0.717, 1.165) is 58.3 Å². The molecule has 2 N–H and O–H groups in total. The van der Waals surface area contributed by atoms with Crippen LogP contribution in [0.25, 0.3) is 0 Å². The first-order chi connectivity index (χ1) is 7.25. The maximum Gasteiger partial charge on any atom is 0.319 e.